The van der Waals surface area contributed by atoms with E-state index in [1.54, 1.807) is 6.07 Å². The molecule has 2 heteroatoms. The SMILES string of the molecule is Cc1ccc(C(=O)c2cccc(-c3cccc(-c4ccccc4)c3)c2C(=O)c2ccc(C)cc2)cc1. The maximum atomic E-state index is 14.0. The highest BCUT2D eigenvalue weighted by molar-refractivity contribution is 6.22. The van der Waals surface area contributed by atoms with Crippen LogP contribution in [0.15, 0.2) is 121 Å². The number of carbonyl (C=O) groups excluding carboxylic acids is 2. The molecule has 0 bridgehead atoms. The monoisotopic (exact) mass is 466 g/mol. The maximum Gasteiger partial charge on any atom is 0.194 e. The second-order valence-corrected chi connectivity index (χ2v) is 9.07. The highest BCUT2D eigenvalue weighted by atomic mass is 16.1. The first-order valence-corrected chi connectivity index (χ1v) is 12.0. The summed E-state index contributed by atoms with van der Waals surface area (Å²) in [5, 5.41) is 0. The Balaban J connectivity index is 1.70. The Morgan fingerprint density at radius 3 is 1.64 bits per heavy atom. The van der Waals surface area contributed by atoms with Crippen molar-refractivity contribution in [2.45, 2.75) is 13.8 Å². The van der Waals surface area contributed by atoms with E-state index >= 15 is 0 Å². The van der Waals surface area contributed by atoms with E-state index in [2.05, 4.69) is 24.3 Å². The molecule has 174 valence electrons. The standard InChI is InChI=1S/C34H26O2/c1-23-14-18-26(19-15-23)33(35)31-13-7-12-30(32(31)34(36)27-20-16-24(2)17-21-27)29-11-6-10-28(22-29)25-8-4-3-5-9-25/h3-22H,1-2H3. The van der Waals surface area contributed by atoms with Crippen LogP contribution in [-0.2, 0) is 0 Å². The summed E-state index contributed by atoms with van der Waals surface area (Å²) >= 11 is 0. The van der Waals surface area contributed by atoms with Gasteiger partial charge >= 0.3 is 0 Å². The van der Waals surface area contributed by atoms with Crippen LogP contribution in [0.4, 0.5) is 0 Å². The highest BCUT2D eigenvalue weighted by Crippen LogP contribution is 2.33. The van der Waals surface area contributed by atoms with Gasteiger partial charge in [-0.2, -0.15) is 0 Å². The number of aryl methyl sites for hydroxylation is 2. The summed E-state index contributed by atoms with van der Waals surface area (Å²) in [7, 11) is 0. The van der Waals surface area contributed by atoms with Crippen molar-refractivity contribution in [3.63, 3.8) is 0 Å². The topological polar surface area (TPSA) is 34.1 Å². The lowest BCUT2D eigenvalue weighted by molar-refractivity contribution is 0.100. The summed E-state index contributed by atoms with van der Waals surface area (Å²) in [5.41, 5.74) is 7.90. The van der Waals surface area contributed by atoms with E-state index in [1.165, 1.54) is 0 Å². The largest absolute Gasteiger partial charge is 0.289 e. The van der Waals surface area contributed by atoms with Gasteiger partial charge in [0.1, 0.15) is 0 Å². The molecule has 0 aliphatic heterocycles. The van der Waals surface area contributed by atoms with Gasteiger partial charge in [0, 0.05) is 22.3 Å². The van der Waals surface area contributed by atoms with E-state index in [0.717, 1.165) is 33.4 Å². The molecule has 36 heavy (non-hydrogen) atoms. The van der Waals surface area contributed by atoms with Crippen LogP contribution in [0.5, 0.6) is 0 Å². The minimum atomic E-state index is -0.161. The van der Waals surface area contributed by atoms with Gasteiger partial charge in [-0.3, -0.25) is 9.59 Å². The Morgan fingerprint density at radius 1 is 0.472 bits per heavy atom. The Bertz CT molecular complexity index is 1540. The lowest BCUT2D eigenvalue weighted by Crippen LogP contribution is -2.13. The van der Waals surface area contributed by atoms with Gasteiger partial charge in [0.2, 0.25) is 0 Å². The van der Waals surface area contributed by atoms with Gasteiger partial charge in [0.15, 0.2) is 11.6 Å². The first-order chi connectivity index (χ1) is 17.5. The second-order valence-electron chi connectivity index (χ2n) is 9.07. The molecule has 0 spiro atoms. The fraction of sp³-hybridized carbons (Fsp3) is 0.0588. The first kappa shape index (κ1) is 23.2. The van der Waals surface area contributed by atoms with Crippen LogP contribution in [0, 0.1) is 13.8 Å². The van der Waals surface area contributed by atoms with Crippen LogP contribution in [0.2, 0.25) is 0 Å². The van der Waals surface area contributed by atoms with Gasteiger partial charge in [-0.15, -0.1) is 0 Å². The third-order valence-corrected chi connectivity index (χ3v) is 6.44. The van der Waals surface area contributed by atoms with Crippen LogP contribution in [0.3, 0.4) is 0 Å². The van der Waals surface area contributed by atoms with Crippen LogP contribution >= 0.6 is 0 Å². The molecule has 5 aromatic rings. The van der Waals surface area contributed by atoms with Gasteiger partial charge in [0.25, 0.3) is 0 Å². The summed E-state index contributed by atoms with van der Waals surface area (Å²) in [6.45, 7) is 3.98. The van der Waals surface area contributed by atoms with Crippen molar-refractivity contribution in [3.05, 3.63) is 155 Å². The van der Waals surface area contributed by atoms with Crippen molar-refractivity contribution in [1.82, 2.24) is 0 Å². The van der Waals surface area contributed by atoms with Crippen molar-refractivity contribution < 1.29 is 9.59 Å². The smallest absolute Gasteiger partial charge is 0.194 e. The van der Waals surface area contributed by atoms with Crippen LogP contribution in [0.1, 0.15) is 43.0 Å². The lowest BCUT2D eigenvalue weighted by Gasteiger charge is -2.15. The van der Waals surface area contributed by atoms with Crippen molar-refractivity contribution in [2.75, 3.05) is 0 Å². The zero-order chi connectivity index (χ0) is 25.1. The van der Waals surface area contributed by atoms with Crippen LogP contribution < -0.4 is 0 Å². The van der Waals surface area contributed by atoms with Gasteiger partial charge < -0.3 is 0 Å². The van der Waals surface area contributed by atoms with E-state index in [9.17, 15) is 9.59 Å². The molecule has 0 N–H and O–H groups in total. The van der Waals surface area contributed by atoms with E-state index in [1.807, 2.05) is 105 Å². The predicted molar refractivity (Wildman–Crippen MR) is 147 cm³/mol. The summed E-state index contributed by atoms with van der Waals surface area (Å²) in [4.78, 5) is 27.7. The van der Waals surface area contributed by atoms with E-state index in [-0.39, 0.29) is 11.6 Å². The number of ketones is 2. The van der Waals surface area contributed by atoms with Gasteiger partial charge in [-0.25, -0.2) is 0 Å². The number of rotatable bonds is 6. The molecule has 0 saturated carbocycles. The molecule has 5 rings (SSSR count). The van der Waals surface area contributed by atoms with Crippen LogP contribution in [-0.4, -0.2) is 11.6 Å². The molecule has 0 amide bonds. The quantitative estimate of drug-likeness (QED) is 0.237. The number of carbonyl (C=O) groups is 2. The van der Waals surface area contributed by atoms with Gasteiger partial charge in [0.05, 0.1) is 0 Å². The minimum absolute atomic E-state index is 0.161. The van der Waals surface area contributed by atoms with Crippen molar-refractivity contribution in [1.29, 1.82) is 0 Å². The van der Waals surface area contributed by atoms with Crippen LogP contribution in [0.25, 0.3) is 22.3 Å². The maximum absolute atomic E-state index is 14.0. The molecule has 0 saturated heterocycles. The molecule has 0 aliphatic carbocycles. The van der Waals surface area contributed by atoms with E-state index < -0.39 is 0 Å². The third kappa shape index (κ3) is 4.67. The molecule has 0 heterocycles. The first-order valence-electron chi connectivity index (χ1n) is 12.0. The molecule has 5 aromatic carbocycles. The predicted octanol–water partition coefficient (Wildman–Crippen LogP) is 8.10. The fourth-order valence-electron chi connectivity index (χ4n) is 4.43. The molecule has 2 nitrogen and oxygen atoms in total. The molecule has 0 unspecified atom stereocenters. The molecule has 0 fully saturated rings. The lowest BCUT2D eigenvalue weighted by atomic mass is 9.86. The Hall–Kier alpha value is -4.56. The number of hydrogen-bond acceptors (Lipinski definition) is 2. The van der Waals surface area contributed by atoms with E-state index in [0.29, 0.717) is 22.3 Å². The minimum Gasteiger partial charge on any atom is -0.289 e. The Morgan fingerprint density at radius 2 is 1.00 bits per heavy atom. The van der Waals surface area contributed by atoms with Crippen molar-refractivity contribution in [3.8, 4) is 22.3 Å². The molecule has 0 radical (unpaired) electrons. The van der Waals surface area contributed by atoms with Crippen molar-refractivity contribution >= 4 is 11.6 Å². The zero-order valence-electron chi connectivity index (χ0n) is 20.4. The molecule has 0 aliphatic rings. The number of benzene rings is 5. The summed E-state index contributed by atoms with van der Waals surface area (Å²) in [6.07, 6.45) is 0. The summed E-state index contributed by atoms with van der Waals surface area (Å²) in [6, 6.07) is 38.8. The van der Waals surface area contributed by atoms with Crippen molar-refractivity contribution in [2.24, 2.45) is 0 Å². The molecule has 0 aromatic heterocycles. The third-order valence-electron chi connectivity index (χ3n) is 6.44. The average molecular weight is 467 g/mol. The molecule has 0 atom stereocenters. The summed E-state index contributed by atoms with van der Waals surface area (Å²) in [5.74, 6) is -0.322. The second kappa shape index (κ2) is 9.97. The average Bonchev–Trinajstić information content (AvgIpc) is 2.93. The molecular weight excluding hydrogens is 440 g/mol. The molecular formula is C34H26O2. The Labute approximate surface area is 211 Å². The zero-order valence-corrected chi connectivity index (χ0v) is 20.4. The highest BCUT2D eigenvalue weighted by Gasteiger charge is 2.24. The van der Waals surface area contributed by atoms with Gasteiger partial charge in [-0.05, 0) is 42.2 Å². The van der Waals surface area contributed by atoms with Gasteiger partial charge in [-0.1, -0.05) is 126 Å². The normalized spacial score (nSPS) is 10.7. The Kier molecular flexibility index (Phi) is 6.42. The summed E-state index contributed by atoms with van der Waals surface area (Å²) < 4.78 is 0. The van der Waals surface area contributed by atoms with E-state index in [4.69, 9.17) is 0 Å². The number of hydrogen-bond donors (Lipinski definition) is 0. The fourth-order valence-corrected chi connectivity index (χ4v) is 4.43.